The monoisotopic (exact) mass is 567 g/mol. The highest BCUT2D eigenvalue weighted by Crippen LogP contribution is 2.33. The summed E-state index contributed by atoms with van der Waals surface area (Å²) in [4.78, 5) is 18.7. The van der Waals surface area contributed by atoms with Gasteiger partial charge in [0.05, 0.1) is 17.9 Å². The molecule has 2 unspecified atom stereocenters. The molecule has 4 heterocycles. The SMILES string of the molecule is CCn1ccc(-c2cc(-c3cnn(COC)c3)cc([C@@H](C)NC(=O)c3cc(N4CC5CCC(C4)N5C)ccc3C)c2)n1. The number of rotatable bonds is 9. The molecule has 2 aromatic carbocycles. The molecule has 0 radical (unpaired) electrons. The number of likely N-dealkylation sites (N-methyl/N-ethyl adjacent to an activating group) is 1. The van der Waals surface area contributed by atoms with Crippen LogP contribution < -0.4 is 10.2 Å². The molecular formula is C33H41N7O2. The third kappa shape index (κ3) is 5.58. The van der Waals surface area contributed by atoms with Gasteiger partial charge < -0.3 is 15.0 Å². The lowest BCUT2D eigenvalue weighted by molar-refractivity contribution is 0.0939. The molecule has 0 aliphatic carbocycles. The second-order valence-corrected chi connectivity index (χ2v) is 11.7. The number of amides is 1. The molecular weight excluding hydrogens is 526 g/mol. The molecule has 2 fully saturated rings. The lowest BCUT2D eigenvalue weighted by Gasteiger charge is -2.40. The number of benzene rings is 2. The molecule has 4 aromatic rings. The molecule has 9 nitrogen and oxygen atoms in total. The Bertz CT molecular complexity index is 1560. The molecule has 1 amide bonds. The van der Waals surface area contributed by atoms with E-state index in [9.17, 15) is 4.79 Å². The summed E-state index contributed by atoms with van der Waals surface area (Å²) in [5, 5.41) is 12.5. The molecule has 2 aliphatic heterocycles. The van der Waals surface area contributed by atoms with Gasteiger partial charge in [0.1, 0.15) is 6.73 Å². The number of carbonyl (C=O) groups excluding carboxylic acids is 1. The number of anilines is 1. The normalized spacial score (nSPS) is 19.3. The molecule has 6 rings (SSSR count). The first-order valence-electron chi connectivity index (χ1n) is 14.9. The Labute approximate surface area is 248 Å². The summed E-state index contributed by atoms with van der Waals surface area (Å²) < 4.78 is 8.93. The summed E-state index contributed by atoms with van der Waals surface area (Å²) in [6, 6.07) is 15.7. The first kappa shape index (κ1) is 28.2. The molecule has 2 saturated heterocycles. The minimum Gasteiger partial charge on any atom is -0.368 e. The number of carbonyl (C=O) groups is 1. The molecule has 2 aliphatic rings. The Morgan fingerprint density at radius 2 is 1.81 bits per heavy atom. The van der Waals surface area contributed by atoms with Crippen LogP contribution in [0.25, 0.3) is 22.4 Å². The van der Waals surface area contributed by atoms with Gasteiger partial charge in [0, 0.05) is 73.6 Å². The third-order valence-corrected chi connectivity index (χ3v) is 8.97. The number of aryl methyl sites for hydroxylation is 2. The summed E-state index contributed by atoms with van der Waals surface area (Å²) in [5.41, 5.74) is 7.73. The Kier molecular flexibility index (Phi) is 7.88. The van der Waals surface area contributed by atoms with E-state index in [2.05, 4.69) is 70.6 Å². The van der Waals surface area contributed by atoms with E-state index in [-0.39, 0.29) is 11.9 Å². The predicted molar refractivity (Wildman–Crippen MR) is 165 cm³/mol. The van der Waals surface area contributed by atoms with Gasteiger partial charge in [-0.3, -0.25) is 14.4 Å². The molecule has 9 heteroatoms. The van der Waals surface area contributed by atoms with Crippen molar-refractivity contribution in [2.75, 3.05) is 32.1 Å². The van der Waals surface area contributed by atoms with Crippen LogP contribution in [0.5, 0.6) is 0 Å². The van der Waals surface area contributed by atoms with Gasteiger partial charge in [0.2, 0.25) is 0 Å². The molecule has 1 N–H and O–H groups in total. The average molecular weight is 568 g/mol. The highest BCUT2D eigenvalue weighted by molar-refractivity contribution is 5.97. The van der Waals surface area contributed by atoms with Crippen LogP contribution in [0.15, 0.2) is 61.1 Å². The number of nitrogens with zero attached hydrogens (tertiary/aromatic N) is 6. The number of hydrogen-bond acceptors (Lipinski definition) is 6. The van der Waals surface area contributed by atoms with Crippen molar-refractivity contribution in [3.05, 3.63) is 77.7 Å². The lowest BCUT2D eigenvalue weighted by atomic mass is 9.96. The van der Waals surface area contributed by atoms with Crippen LogP contribution in [0.2, 0.25) is 0 Å². The van der Waals surface area contributed by atoms with Gasteiger partial charge in [0.15, 0.2) is 0 Å². The smallest absolute Gasteiger partial charge is 0.252 e. The Morgan fingerprint density at radius 1 is 1.05 bits per heavy atom. The zero-order chi connectivity index (χ0) is 29.4. The zero-order valence-corrected chi connectivity index (χ0v) is 25.2. The minimum atomic E-state index is -0.221. The molecule has 220 valence electrons. The van der Waals surface area contributed by atoms with E-state index in [4.69, 9.17) is 9.84 Å². The van der Waals surface area contributed by atoms with Gasteiger partial charge in [-0.1, -0.05) is 6.07 Å². The van der Waals surface area contributed by atoms with Crippen molar-refractivity contribution in [2.45, 2.75) is 65.0 Å². The molecule has 3 atom stereocenters. The lowest BCUT2D eigenvalue weighted by Crippen LogP contribution is -2.52. The number of ether oxygens (including phenoxy) is 1. The van der Waals surface area contributed by atoms with Crippen molar-refractivity contribution in [1.29, 1.82) is 0 Å². The minimum absolute atomic E-state index is 0.0610. The highest BCUT2D eigenvalue weighted by Gasteiger charge is 2.37. The fourth-order valence-corrected chi connectivity index (χ4v) is 6.36. The molecule has 2 bridgehead atoms. The van der Waals surface area contributed by atoms with Gasteiger partial charge in [-0.15, -0.1) is 0 Å². The van der Waals surface area contributed by atoms with Crippen LogP contribution in [0.3, 0.4) is 0 Å². The van der Waals surface area contributed by atoms with E-state index < -0.39 is 0 Å². The molecule has 42 heavy (non-hydrogen) atoms. The second-order valence-electron chi connectivity index (χ2n) is 11.7. The first-order chi connectivity index (χ1) is 20.3. The van der Waals surface area contributed by atoms with Crippen LogP contribution in [0.1, 0.15) is 54.2 Å². The van der Waals surface area contributed by atoms with Crippen LogP contribution >= 0.6 is 0 Å². The van der Waals surface area contributed by atoms with Crippen LogP contribution in [-0.4, -0.2) is 69.7 Å². The number of methoxy groups -OCH3 is 1. The second kappa shape index (κ2) is 11.7. The number of aromatic nitrogens is 4. The van der Waals surface area contributed by atoms with Crippen molar-refractivity contribution in [3.63, 3.8) is 0 Å². The standard InChI is InChI=1S/C33H41N7O2/c1-6-39-12-11-32(36-39)26-14-24(13-25(15-26)27-17-34-40(18-27)21-42-5)23(3)35-33(41)31-16-28(8-7-22(31)2)38-19-29-9-10-30(20-38)37(29)4/h7-8,11-18,23,29-30H,6,9-10,19-21H2,1-5H3,(H,35,41)/t23-,29?,30?/m1/s1. The van der Waals surface area contributed by atoms with E-state index in [0.717, 1.165) is 64.4 Å². The van der Waals surface area contributed by atoms with Crippen molar-refractivity contribution in [2.24, 2.45) is 0 Å². The van der Waals surface area contributed by atoms with E-state index in [0.29, 0.717) is 18.8 Å². The number of hydrogen-bond donors (Lipinski definition) is 1. The van der Waals surface area contributed by atoms with E-state index in [1.807, 2.05) is 43.2 Å². The Morgan fingerprint density at radius 3 is 2.52 bits per heavy atom. The van der Waals surface area contributed by atoms with Crippen molar-refractivity contribution >= 4 is 11.6 Å². The van der Waals surface area contributed by atoms with Gasteiger partial charge in [0.25, 0.3) is 5.91 Å². The summed E-state index contributed by atoms with van der Waals surface area (Å²) in [6.07, 6.45) is 8.31. The van der Waals surface area contributed by atoms with Crippen molar-refractivity contribution < 1.29 is 9.53 Å². The maximum absolute atomic E-state index is 13.7. The van der Waals surface area contributed by atoms with Gasteiger partial charge in [-0.2, -0.15) is 10.2 Å². The van der Waals surface area contributed by atoms with Gasteiger partial charge in [-0.05, 0) is 93.7 Å². The van der Waals surface area contributed by atoms with E-state index in [1.54, 1.807) is 11.8 Å². The van der Waals surface area contributed by atoms with E-state index >= 15 is 0 Å². The topological polar surface area (TPSA) is 80.4 Å². The fraction of sp³-hybridized carbons (Fsp3) is 0.424. The number of fused-ring (bicyclic) bond motifs is 2. The highest BCUT2D eigenvalue weighted by atomic mass is 16.5. The van der Waals surface area contributed by atoms with Crippen LogP contribution in [0, 0.1) is 6.92 Å². The summed E-state index contributed by atoms with van der Waals surface area (Å²) in [6.45, 7) is 9.33. The summed E-state index contributed by atoms with van der Waals surface area (Å²) >= 11 is 0. The van der Waals surface area contributed by atoms with Crippen molar-refractivity contribution in [3.8, 4) is 22.4 Å². The number of nitrogens with one attached hydrogen (secondary N) is 1. The fourth-order valence-electron chi connectivity index (χ4n) is 6.36. The third-order valence-electron chi connectivity index (χ3n) is 8.97. The number of piperazine rings is 1. The molecule has 2 aromatic heterocycles. The maximum atomic E-state index is 13.7. The quantitative estimate of drug-likeness (QED) is 0.303. The van der Waals surface area contributed by atoms with Crippen LogP contribution in [0.4, 0.5) is 5.69 Å². The van der Waals surface area contributed by atoms with Crippen molar-refractivity contribution in [1.82, 2.24) is 29.8 Å². The molecule has 0 spiro atoms. The van der Waals surface area contributed by atoms with Gasteiger partial charge >= 0.3 is 0 Å². The van der Waals surface area contributed by atoms with Gasteiger partial charge in [-0.25, -0.2) is 4.68 Å². The Balaban J connectivity index is 1.27. The first-order valence-corrected chi connectivity index (χ1v) is 14.9. The average Bonchev–Trinajstić information content (AvgIpc) is 3.71. The zero-order valence-electron chi connectivity index (χ0n) is 25.2. The summed E-state index contributed by atoms with van der Waals surface area (Å²) in [5.74, 6) is -0.0610. The Hall–Kier alpha value is -3.95. The largest absolute Gasteiger partial charge is 0.368 e. The maximum Gasteiger partial charge on any atom is 0.252 e. The predicted octanol–water partition coefficient (Wildman–Crippen LogP) is 5.12. The molecule has 0 saturated carbocycles. The van der Waals surface area contributed by atoms with Crippen LogP contribution in [-0.2, 0) is 18.0 Å². The summed E-state index contributed by atoms with van der Waals surface area (Å²) in [7, 11) is 3.90. The van der Waals surface area contributed by atoms with E-state index in [1.165, 1.54) is 12.8 Å².